The minimum Gasteiger partial charge on any atom is -0.365 e. The lowest BCUT2D eigenvalue weighted by Gasteiger charge is -2.08. The number of nitrogens with zero attached hydrogens (tertiary/aromatic N) is 2. The summed E-state index contributed by atoms with van der Waals surface area (Å²) in [5, 5.41) is 3.47. The van der Waals surface area contributed by atoms with Gasteiger partial charge in [-0.25, -0.2) is 9.97 Å². The molecule has 1 aliphatic carbocycles. The Balaban J connectivity index is 2.16. The van der Waals surface area contributed by atoms with Crippen molar-refractivity contribution in [3.8, 4) is 0 Å². The Morgan fingerprint density at radius 2 is 1.87 bits per heavy atom. The van der Waals surface area contributed by atoms with Gasteiger partial charge in [0.15, 0.2) is 0 Å². The van der Waals surface area contributed by atoms with Crippen LogP contribution in [0, 0.1) is 10.8 Å². The fraction of sp³-hybridized carbons (Fsp3) is 0.636. The summed E-state index contributed by atoms with van der Waals surface area (Å²) in [6.45, 7) is 9.11. The van der Waals surface area contributed by atoms with Gasteiger partial charge < -0.3 is 5.32 Å². The van der Waals surface area contributed by atoms with Crippen LogP contribution in [-0.4, -0.2) is 16.0 Å². The molecule has 15 heavy (non-hydrogen) atoms. The molecule has 0 spiro atoms. The highest BCUT2D eigenvalue weighted by atomic mass is 79.9. The van der Waals surface area contributed by atoms with E-state index in [-0.39, 0.29) is 0 Å². The van der Waals surface area contributed by atoms with Crippen LogP contribution in [0.4, 0.5) is 5.82 Å². The van der Waals surface area contributed by atoms with Gasteiger partial charge in [0.2, 0.25) is 0 Å². The lowest BCUT2D eigenvalue weighted by atomic mass is 10.0. The van der Waals surface area contributed by atoms with Crippen molar-refractivity contribution >= 4 is 21.7 Å². The first-order valence-electron chi connectivity index (χ1n) is 5.09. The van der Waals surface area contributed by atoms with Crippen molar-refractivity contribution in [3.63, 3.8) is 0 Å². The zero-order valence-corrected chi connectivity index (χ0v) is 11.1. The summed E-state index contributed by atoms with van der Waals surface area (Å²) in [5.74, 6) is 0.883. The highest BCUT2D eigenvalue weighted by molar-refractivity contribution is 9.10. The van der Waals surface area contributed by atoms with Gasteiger partial charge in [0.05, 0.1) is 4.47 Å². The Morgan fingerprint density at radius 3 is 2.33 bits per heavy atom. The van der Waals surface area contributed by atoms with Crippen LogP contribution >= 0.6 is 15.9 Å². The molecule has 0 aliphatic heterocycles. The van der Waals surface area contributed by atoms with Gasteiger partial charge in [0.1, 0.15) is 12.1 Å². The van der Waals surface area contributed by atoms with Crippen molar-refractivity contribution in [2.24, 2.45) is 10.8 Å². The summed E-state index contributed by atoms with van der Waals surface area (Å²) in [6, 6.07) is 0.469. The summed E-state index contributed by atoms with van der Waals surface area (Å²) in [4.78, 5) is 8.17. The van der Waals surface area contributed by atoms with Crippen LogP contribution in [-0.2, 0) is 0 Å². The normalized spacial score (nSPS) is 22.5. The molecule has 1 aromatic heterocycles. The molecule has 0 saturated heterocycles. The molecule has 0 atom stereocenters. The maximum absolute atomic E-state index is 4.22. The summed E-state index contributed by atoms with van der Waals surface area (Å²) < 4.78 is 0.920. The second-order valence-corrected chi connectivity index (χ2v) is 6.09. The van der Waals surface area contributed by atoms with Crippen molar-refractivity contribution in [1.29, 1.82) is 0 Å². The van der Waals surface area contributed by atoms with E-state index < -0.39 is 0 Å². The molecule has 0 unspecified atom stereocenters. The third-order valence-corrected chi connectivity index (χ3v) is 4.55. The second-order valence-electron chi connectivity index (χ2n) is 5.24. The van der Waals surface area contributed by atoms with Crippen LogP contribution < -0.4 is 5.32 Å². The van der Waals surface area contributed by atoms with E-state index in [4.69, 9.17) is 0 Å². The Kier molecular flexibility index (Phi) is 2.30. The summed E-state index contributed by atoms with van der Waals surface area (Å²) in [6.07, 6.45) is 3.33. The molecular formula is C11H16BrN3. The van der Waals surface area contributed by atoms with Crippen LogP contribution in [0.25, 0.3) is 0 Å². The molecule has 1 heterocycles. The van der Waals surface area contributed by atoms with Crippen molar-refractivity contribution in [2.45, 2.75) is 33.7 Å². The number of halogens is 1. The first-order valence-corrected chi connectivity index (χ1v) is 5.88. The Morgan fingerprint density at radius 1 is 1.27 bits per heavy atom. The third-order valence-electron chi connectivity index (χ3n) is 3.97. The van der Waals surface area contributed by atoms with Crippen LogP contribution in [0.5, 0.6) is 0 Å². The number of hydrogen-bond acceptors (Lipinski definition) is 3. The first-order chi connectivity index (χ1) is 6.87. The van der Waals surface area contributed by atoms with Crippen molar-refractivity contribution in [1.82, 2.24) is 9.97 Å². The van der Waals surface area contributed by atoms with Gasteiger partial charge in [0.25, 0.3) is 0 Å². The molecule has 0 bridgehead atoms. The van der Waals surface area contributed by atoms with Gasteiger partial charge in [0, 0.05) is 12.2 Å². The first kappa shape index (κ1) is 10.9. The largest absolute Gasteiger partial charge is 0.365 e. The predicted molar refractivity (Wildman–Crippen MR) is 64.7 cm³/mol. The average Bonchev–Trinajstić information content (AvgIpc) is 2.51. The second kappa shape index (κ2) is 3.17. The molecule has 0 aromatic carbocycles. The van der Waals surface area contributed by atoms with Crippen LogP contribution in [0.1, 0.15) is 27.7 Å². The zero-order chi connectivity index (χ0) is 11.3. The third kappa shape index (κ3) is 1.55. The number of hydrogen-bond donors (Lipinski definition) is 1. The lowest BCUT2D eigenvalue weighted by molar-refractivity contribution is 0.457. The maximum atomic E-state index is 4.22. The maximum Gasteiger partial charge on any atom is 0.143 e. The molecular weight excluding hydrogens is 254 g/mol. The van der Waals surface area contributed by atoms with Gasteiger partial charge in [-0.15, -0.1) is 0 Å². The van der Waals surface area contributed by atoms with Crippen molar-refractivity contribution in [2.75, 3.05) is 5.32 Å². The predicted octanol–water partition coefficient (Wildman–Crippen LogP) is 3.09. The summed E-state index contributed by atoms with van der Waals surface area (Å²) >= 11 is 3.44. The molecule has 0 amide bonds. The van der Waals surface area contributed by atoms with E-state index in [1.54, 1.807) is 12.5 Å². The summed E-state index contributed by atoms with van der Waals surface area (Å²) in [5.41, 5.74) is 0.634. The fourth-order valence-corrected chi connectivity index (χ4v) is 2.45. The summed E-state index contributed by atoms with van der Waals surface area (Å²) in [7, 11) is 0. The van der Waals surface area contributed by atoms with E-state index in [2.05, 4.69) is 58.9 Å². The average molecular weight is 270 g/mol. The van der Waals surface area contributed by atoms with E-state index in [9.17, 15) is 0 Å². The van der Waals surface area contributed by atoms with Gasteiger partial charge in [-0.2, -0.15) is 0 Å². The van der Waals surface area contributed by atoms with Crippen molar-refractivity contribution < 1.29 is 0 Å². The SMILES string of the molecule is CC1(C)C(Nc2ncncc2Br)C1(C)C. The highest BCUT2D eigenvalue weighted by Crippen LogP contribution is 2.63. The van der Waals surface area contributed by atoms with Crippen LogP contribution in [0.2, 0.25) is 0 Å². The number of rotatable bonds is 2. The van der Waals surface area contributed by atoms with E-state index in [0.717, 1.165) is 10.3 Å². The van der Waals surface area contributed by atoms with E-state index in [1.165, 1.54) is 0 Å². The molecule has 1 N–H and O–H groups in total. The molecule has 4 heteroatoms. The van der Waals surface area contributed by atoms with Gasteiger partial charge in [-0.05, 0) is 26.8 Å². The van der Waals surface area contributed by atoms with Crippen molar-refractivity contribution in [3.05, 3.63) is 17.0 Å². The van der Waals surface area contributed by atoms with Crippen LogP contribution in [0.3, 0.4) is 0 Å². The minimum atomic E-state index is 0.317. The van der Waals surface area contributed by atoms with Crippen LogP contribution in [0.15, 0.2) is 17.0 Å². The molecule has 82 valence electrons. The van der Waals surface area contributed by atoms with E-state index in [1.807, 2.05) is 0 Å². The fourth-order valence-electron chi connectivity index (χ4n) is 2.11. The number of nitrogens with one attached hydrogen (secondary N) is 1. The minimum absolute atomic E-state index is 0.317. The standard InChI is InChI=1S/C11H16BrN3/c1-10(2)9(11(10,3)4)15-8-7(12)5-13-6-14-8/h5-6,9H,1-4H3,(H,13,14,15). The smallest absolute Gasteiger partial charge is 0.143 e. The Bertz CT molecular complexity index is 373. The number of anilines is 1. The molecule has 1 fully saturated rings. The molecule has 3 nitrogen and oxygen atoms in total. The van der Waals surface area contributed by atoms with Gasteiger partial charge in [-0.1, -0.05) is 27.7 Å². The zero-order valence-electron chi connectivity index (χ0n) is 9.50. The number of aromatic nitrogens is 2. The highest BCUT2D eigenvalue weighted by Gasteiger charge is 2.65. The Labute approximate surface area is 98.8 Å². The Hall–Kier alpha value is -0.640. The quantitative estimate of drug-likeness (QED) is 0.897. The molecule has 1 aromatic rings. The lowest BCUT2D eigenvalue weighted by Crippen LogP contribution is -2.11. The van der Waals surface area contributed by atoms with E-state index >= 15 is 0 Å². The monoisotopic (exact) mass is 269 g/mol. The molecule has 0 radical (unpaired) electrons. The molecule has 2 rings (SSSR count). The van der Waals surface area contributed by atoms with Gasteiger partial charge in [-0.3, -0.25) is 0 Å². The van der Waals surface area contributed by atoms with Gasteiger partial charge >= 0.3 is 0 Å². The topological polar surface area (TPSA) is 37.8 Å². The molecule has 1 saturated carbocycles. The molecule has 1 aliphatic rings. The van der Waals surface area contributed by atoms with E-state index in [0.29, 0.717) is 16.9 Å².